The third kappa shape index (κ3) is 2.30. The monoisotopic (exact) mass is 297 g/mol. The van der Waals surface area contributed by atoms with E-state index >= 15 is 0 Å². The van der Waals surface area contributed by atoms with Crippen molar-refractivity contribution in [3.8, 4) is 5.75 Å². The first kappa shape index (κ1) is 13.8. The summed E-state index contributed by atoms with van der Waals surface area (Å²) in [5, 5.41) is 3.50. The third-order valence-electron chi connectivity index (χ3n) is 5.17. The maximum atomic E-state index is 12.9. The van der Waals surface area contributed by atoms with Crippen LogP contribution in [0, 0.1) is 11.7 Å². The average molecular weight is 297 g/mol. The first-order valence-corrected chi connectivity index (χ1v) is 7.94. The molecule has 22 heavy (non-hydrogen) atoms. The molecule has 1 aliphatic carbocycles. The molecule has 114 valence electrons. The van der Waals surface area contributed by atoms with Crippen LogP contribution in [0.2, 0.25) is 0 Å². The molecule has 3 atom stereocenters. The molecule has 4 rings (SSSR count). The molecular weight excluding hydrogens is 277 g/mol. The fourth-order valence-corrected chi connectivity index (χ4v) is 3.92. The topological polar surface area (TPSA) is 21.3 Å². The summed E-state index contributed by atoms with van der Waals surface area (Å²) in [5.74, 6) is 2.67. The van der Waals surface area contributed by atoms with Gasteiger partial charge in [-0.25, -0.2) is 4.39 Å². The number of halogens is 1. The Kier molecular flexibility index (Phi) is 3.38. The molecule has 3 unspecified atom stereocenters. The first-order chi connectivity index (χ1) is 10.7. The number of nitrogens with one attached hydrogen (secondary N) is 1. The van der Waals surface area contributed by atoms with Gasteiger partial charge >= 0.3 is 0 Å². The Bertz CT molecular complexity index is 682. The minimum Gasteiger partial charge on any atom is -0.489 e. The van der Waals surface area contributed by atoms with E-state index in [1.165, 1.54) is 23.3 Å². The number of hydrogen-bond acceptors (Lipinski definition) is 2. The van der Waals surface area contributed by atoms with Gasteiger partial charge in [0, 0.05) is 12.5 Å². The summed E-state index contributed by atoms with van der Waals surface area (Å²) >= 11 is 0. The second kappa shape index (κ2) is 5.40. The van der Waals surface area contributed by atoms with Crippen LogP contribution < -0.4 is 10.1 Å². The van der Waals surface area contributed by atoms with Gasteiger partial charge in [0.2, 0.25) is 0 Å². The highest BCUT2D eigenvalue weighted by Crippen LogP contribution is 2.48. The predicted molar refractivity (Wildman–Crippen MR) is 84.7 cm³/mol. The molecule has 0 radical (unpaired) electrons. The Hall–Kier alpha value is -1.87. The van der Waals surface area contributed by atoms with E-state index in [0.29, 0.717) is 18.4 Å². The summed E-state index contributed by atoms with van der Waals surface area (Å²) in [6.07, 6.45) is 0. The Labute approximate surface area is 130 Å². The van der Waals surface area contributed by atoms with Crippen LogP contribution >= 0.6 is 0 Å². The van der Waals surface area contributed by atoms with Crippen molar-refractivity contribution in [2.45, 2.75) is 25.4 Å². The molecule has 2 aromatic carbocycles. The average Bonchev–Trinajstić information content (AvgIpc) is 3.11. The fourth-order valence-electron chi connectivity index (χ4n) is 3.92. The lowest BCUT2D eigenvalue weighted by molar-refractivity contribution is 0.305. The normalized spacial score (nSPS) is 25.8. The van der Waals surface area contributed by atoms with Gasteiger partial charge in [-0.15, -0.1) is 0 Å². The molecule has 2 aromatic rings. The van der Waals surface area contributed by atoms with Gasteiger partial charge in [0.1, 0.15) is 18.2 Å². The molecule has 1 saturated heterocycles. The minimum atomic E-state index is -0.213. The van der Waals surface area contributed by atoms with E-state index in [1.807, 2.05) is 0 Å². The van der Waals surface area contributed by atoms with Crippen molar-refractivity contribution in [1.29, 1.82) is 0 Å². The zero-order chi connectivity index (χ0) is 15.1. The second-order valence-corrected chi connectivity index (χ2v) is 6.42. The van der Waals surface area contributed by atoms with Gasteiger partial charge in [-0.05, 0) is 59.3 Å². The summed E-state index contributed by atoms with van der Waals surface area (Å²) in [7, 11) is 0. The van der Waals surface area contributed by atoms with Crippen molar-refractivity contribution >= 4 is 0 Å². The van der Waals surface area contributed by atoms with Gasteiger partial charge in [0.15, 0.2) is 0 Å². The highest BCUT2D eigenvalue weighted by Gasteiger charge is 2.41. The smallest absolute Gasteiger partial charge is 0.123 e. The highest BCUT2D eigenvalue weighted by atomic mass is 19.1. The molecule has 0 saturated carbocycles. The van der Waals surface area contributed by atoms with Crippen LogP contribution in [0.1, 0.15) is 35.4 Å². The van der Waals surface area contributed by atoms with Crippen LogP contribution in [0.3, 0.4) is 0 Å². The molecule has 0 aromatic heterocycles. The number of hydrogen-bond donors (Lipinski definition) is 1. The van der Waals surface area contributed by atoms with E-state index in [4.69, 9.17) is 4.74 Å². The van der Waals surface area contributed by atoms with E-state index in [-0.39, 0.29) is 5.82 Å². The molecule has 2 aliphatic rings. The zero-order valence-corrected chi connectivity index (χ0v) is 12.7. The Balaban J connectivity index is 1.52. The highest BCUT2D eigenvalue weighted by molar-refractivity contribution is 5.45. The molecule has 2 nitrogen and oxygen atoms in total. The third-order valence-corrected chi connectivity index (χ3v) is 5.17. The van der Waals surface area contributed by atoms with Gasteiger partial charge < -0.3 is 10.1 Å². The molecule has 1 aliphatic heterocycles. The Morgan fingerprint density at radius 1 is 1.09 bits per heavy atom. The maximum Gasteiger partial charge on any atom is 0.123 e. The molecule has 1 fully saturated rings. The molecule has 0 spiro atoms. The molecule has 3 heteroatoms. The van der Waals surface area contributed by atoms with Crippen LogP contribution in [0.5, 0.6) is 5.75 Å². The SMILES string of the molecule is CC1c2ccc(OCc3ccc(F)cc3)cc2C2CNCC12. The van der Waals surface area contributed by atoms with Gasteiger partial charge in [0.05, 0.1) is 0 Å². The number of benzene rings is 2. The summed E-state index contributed by atoms with van der Waals surface area (Å²) < 4.78 is 18.8. The van der Waals surface area contributed by atoms with Crippen molar-refractivity contribution in [3.63, 3.8) is 0 Å². The molecular formula is C19H20FNO. The lowest BCUT2D eigenvalue weighted by atomic mass is 9.91. The standard InChI is InChI=1S/C19H20FNO/c1-12-16-7-6-15(8-17(16)19-10-21-9-18(12)19)22-11-13-2-4-14(20)5-3-13/h2-8,12,18-19,21H,9-11H2,1H3. The van der Waals surface area contributed by atoms with Crippen molar-refractivity contribution in [2.75, 3.05) is 13.1 Å². The van der Waals surface area contributed by atoms with Gasteiger partial charge in [-0.1, -0.05) is 25.1 Å². The van der Waals surface area contributed by atoms with Crippen molar-refractivity contribution in [1.82, 2.24) is 5.32 Å². The first-order valence-electron chi connectivity index (χ1n) is 7.94. The predicted octanol–water partition coefficient (Wildman–Crippen LogP) is 3.82. The summed E-state index contributed by atoms with van der Waals surface area (Å²) in [5.41, 5.74) is 3.90. The lowest BCUT2D eigenvalue weighted by Crippen LogP contribution is -2.12. The van der Waals surface area contributed by atoms with Gasteiger partial charge in [-0.2, -0.15) is 0 Å². The summed E-state index contributed by atoms with van der Waals surface area (Å²) in [6, 6.07) is 13.0. The fraction of sp³-hybridized carbons (Fsp3) is 0.368. The van der Waals surface area contributed by atoms with Crippen LogP contribution in [0.25, 0.3) is 0 Å². The second-order valence-electron chi connectivity index (χ2n) is 6.42. The van der Waals surface area contributed by atoms with Crippen LogP contribution in [0.4, 0.5) is 4.39 Å². The zero-order valence-electron chi connectivity index (χ0n) is 12.7. The van der Waals surface area contributed by atoms with E-state index in [2.05, 4.69) is 30.4 Å². The summed E-state index contributed by atoms with van der Waals surface area (Å²) in [6.45, 7) is 4.99. The lowest BCUT2D eigenvalue weighted by Gasteiger charge is -2.12. The van der Waals surface area contributed by atoms with Crippen LogP contribution in [-0.4, -0.2) is 13.1 Å². The van der Waals surface area contributed by atoms with E-state index < -0.39 is 0 Å². The van der Waals surface area contributed by atoms with Gasteiger partial charge in [0.25, 0.3) is 0 Å². The Morgan fingerprint density at radius 2 is 1.91 bits per heavy atom. The molecule has 1 heterocycles. The Morgan fingerprint density at radius 3 is 2.73 bits per heavy atom. The number of rotatable bonds is 3. The minimum absolute atomic E-state index is 0.213. The molecule has 1 N–H and O–H groups in total. The van der Waals surface area contributed by atoms with Crippen LogP contribution in [0.15, 0.2) is 42.5 Å². The number of ether oxygens (including phenoxy) is 1. The summed E-state index contributed by atoms with van der Waals surface area (Å²) in [4.78, 5) is 0. The maximum absolute atomic E-state index is 12.9. The molecule has 0 bridgehead atoms. The van der Waals surface area contributed by atoms with E-state index in [0.717, 1.165) is 30.3 Å². The molecule has 0 amide bonds. The van der Waals surface area contributed by atoms with E-state index in [1.54, 1.807) is 12.1 Å². The van der Waals surface area contributed by atoms with Crippen molar-refractivity contribution < 1.29 is 9.13 Å². The van der Waals surface area contributed by atoms with Gasteiger partial charge in [-0.3, -0.25) is 0 Å². The quantitative estimate of drug-likeness (QED) is 0.930. The number of fused-ring (bicyclic) bond motifs is 3. The van der Waals surface area contributed by atoms with E-state index in [9.17, 15) is 4.39 Å². The van der Waals surface area contributed by atoms with Crippen LogP contribution in [-0.2, 0) is 6.61 Å². The van der Waals surface area contributed by atoms with Crippen molar-refractivity contribution in [2.24, 2.45) is 5.92 Å². The largest absolute Gasteiger partial charge is 0.489 e. The van der Waals surface area contributed by atoms with Crippen molar-refractivity contribution in [3.05, 3.63) is 65.0 Å².